The number of aryl methyl sites for hydroxylation is 2. The molecule has 1 heterocycles. The summed E-state index contributed by atoms with van der Waals surface area (Å²) in [6, 6.07) is 14.0. The normalized spacial score (nSPS) is 17.7. The van der Waals surface area contributed by atoms with Gasteiger partial charge in [0.05, 0.1) is 0 Å². The highest BCUT2D eigenvalue weighted by molar-refractivity contribution is 7.12. The van der Waals surface area contributed by atoms with E-state index in [1.807, 2.05) is 11.3 Å². The van der Waals surface area contributed by atoms with E-state index >= 15 is 0 Å². The van der Waals surface area contributed by atoms with Gasteiger partial charge in [-0.05, 0) is 56.8 Å². The van der Waals surface area contributed by atoms with Crippen LogP contribution in [-0.4, -0.2) is 6.54 Å². The van der Waals surface area contributed by atoms with Crippen LogP contribution < -0.4 is 5.32 Å². The summed E-state index contributed by atoms with van der Waals surface area (Å²) in [6.07, 6.45) is 3.78. The van der Waals surface area contributed by atoms with Crippen molar-refractivity contribution >= 4 is 11.3 Å². The predicted molar refractivity (Wildman–Crippen MR) is 92.2 cm³/mol. The van der Waals surface area contributed by atoms with E-state index < -0.39 is 0 Å². The molecule has 0 amide bonds. The molecule has 1 aliphatic carbocycles. The smallest absolute Gasteiger partial charge is 0.0429 e. The Hall–Kier alpha value is -1.12. The lowest BCUT2D eigenvalue weighted by atomic mass is 9.84. The van der Waals surface area contributed by atoms with Crippen LogP contribution in [0.15, 0.2) is 36.4 Å². The molecule has 1 unspecified atom stereocenters. The summed E-state index contributed by atoms with van der Waals surface area (Å²) in [6.45, 7) is 7.83. The van der Waals surface area contributed by atoms with Gasteiger partial charge in [0, 0.05) is 21.2 Å². The fourth-order valence-corrected chi connectivity index (χ4v) is 4.44. The van der Waals surface area contributed by atoms with E-state index in [2.05, 4.69) is 62.5 Å². The maximum Gasteiger partial charge on any atom is 0.0429 e. The highest BCUT2D eigenvalue weighted by Crippen LogP contribution is 2.57. The summed E-state index contributed by atoms with van der Waals surface area (Å²) in [5, 5.41) is 3.85. The Morgan fingerprint density at radius 1 is 1.19 bits per heavy atom. The Bertz CT molecular complexity index is 595. The minimum absolute atomic E-state index is 0.314. The lowest BCUT2D eigenvalue weighted by Gasteiger charge is -2.29. The van der Waals surface area contributed by atoms with Gasteiger partial charge in [0.15, 0.2) is 0 Å². The van der Waals surface area contributed by atoms with E-state index in [4.69, 9.17) is 0 Å². The first-order chi connectivity index (χ1) is 10.2. The fourth-order valence-electron chi connectivity index (χ4n) is 3.48. The monoisotopic (exact) mass is 299 g/mol. The maximum atomic E-state index is 3.85. The van der Waals surface area contributed by atoms with Crippen LogP contribution in [0.5, 0.6) is 0 Å². The van der Waals surface area contributed by atoms with Gasteiger partial charge in [0.25, 0.3) is 0 Å². The lowest BCUT2D eigenvalue weighted by Crippen LogP contribution is -2.33. The van der Waals surface area contributed by atoms with Crippen LogP contribution in [0, 0.1) is 13.8 Å². The minimum atomic E-state index is 0.314. The molecule has 2 aromatic rings. The molecule has 1 aromatic heterocycles. The zero-order chi connectivity index (χ0) is 14.9. The third-order valence-corrected chi connectivity index (χ3v) is 5.66. The average Bonchev–Trinajstić information content (AvgIpc) is 3.22. The van der Waals surface area contributed by atoms with Gasteiger partial charge in [-0.15, -0.1) is 11.3 Å². The molecule has 2 heteroatoms. The number of hydrogen-bond acceptors (Lipinski definition) is 2. The molecule has 0 saturated heterocycles. The van der Waals surface area contributed by atoms with Crippen LogP contribution in [0.1, 0.15) is 53.1 Å². The SMILES string of the molecule is CCCNC(c1cc(C)sc1C)C1(c2ccccc2)CC1. The molecule has 21 heavy (non-hydrogen) atoms. The second-order valence-electron chi connectivity index (χ2n) is 6.28. The maximum absolute atomic E-state index is 3.85. The molecule has 1 aromatic carbocycles. The molecule has 1 atom stereocenters. The molecule has 1 aliphatic rings. The average molecular weight is 299 g/mol. The quantitative estimate of drug-likeness (QED) is 0.779. The van der Waals surface area contributed by atoms with Gasteiger partial charge in [-0.1, -0.05) is 37.3 Å². The molecule has 112 valence electrons. The fraction of sp³-hybridized carbons (Fsp3) is 0.474. The number of rotatable bonds is 6. The highest BCUT2D eigenvalue weighted by Gasteiger charge is 2.51. The van der Waals surface area contributed by atoms with E-state index in [0.717, 1.165) is 6.54 Å². The summed E-state index contributed by atoms with van der Waals surface area (Å²) in [4.78, 5) is 2.90. The molecule has 1 fully saturated rings. The Kier molecular flexibility index (Phi) is 4.19. The summed E-state index contributed by atoms with van der Waals surface area (Å²) in [5.41, 5.74) is 3.34. The zero-order valence-electron chi connectivity index (χ0n) is 13.3. The lowest BCUT2D eigenvalue weighted by molar-refractivity contribution is 0.429. The second-order valence-corrected chi connectivity index (χ2v) is 7.74. The molecule has 0 radical (unpaired) electrons. The summed E-state index contributed by atoms with van der Waals surface area (Å²) in [5.74, 6) is 0. The van der Waals surface area contributed by atoms with Crippen molar-refractivity contribution in [2.45, 2.75) is 51.5 Å². The molecule has 1 saturated carbocycles. The van der Waals surface area contributed by atoms with Gasteiger partial charge in [-0.2, -0.15) is 0 Å². The highest BCUT2D eigenvalue weighted by atomic mass is 32.1. The Morgan fingerprint density at radius 3 is 2.43 bits per heavy atom. The van der Waals surface area contributed by atoms with Crippen LogP contribution in [0.25, 0.3) is 0 Å². The molecule has 0 spiro atoms. The Labute approximate surface area is 132 Å². The van der Waals surface area contributed by atoms with E-state index in [1.165, 1.54) is 40.1 Å². The molecular formula is C19H25NS. The number of nitrogens with one attached hydrogen (secondary N) is 1. The first-order valence-electron chi connectivity index (χ1n) is 8.03. The van der Waals surface area contributed by atoms with E-state index in [-0.39, 0.29) is 0 Å². The van der Waals surface area contributed by atoms with Crippen molar-refractivity contribution in [3.05, 3.63) is 57.3 Å². The van der Waals surface area contributed by atoms with Crippen molar-refractivity contribution in [3.63, 3.8) is 0 Å². The summed E-state index contributed by atoms with van der Waals surface area (Å²) < 4.78 is 0. The summed E-state index contributed by atoms with van der Waals surface area (Å²) in [7, 11) is 0. The van der Waals surface area contributed by atoms with Crippen LogP contribution >= 0.6 is 11.3 Å². The second kappa shape index (κ2) is 5.94. The van der Waals surface area contributed by atoms with Crippen molar-refractivity contribution in [3.8, 4) is 0 Å². The van der Waals surface area contributed by atoms with Crippen molar-refractivity contribution in [1.29, 1.82) is 0 Å². The van der Waals surface area contributed by atoms with Crippen LogP contribution in [0.2, 0.25) is 0 Å². The van der Waals surface area contributed by atoms with Crippen molar-refractivity contribution in [1.82, 2.24) is 5.32 Å². The van der Waals surface area contributed by atoms with Crippen molar-refractivity contribution in [2.75, 3.05) is 6.54 Å². The van der Waals surface area contributed by atoms with E-state index in [1.54, 1.807) is 0 Å². The van der Waals surface area contributed by atoms with Gasteiger partial charge in [-0.25, -0.2) is 0 Å². The van der Waals surface area contributed by atoms with Crippen molar-refractivity contribution < 1.29 is 0 Å². The molecular weight excluding hydrogens is 274 g/mol. The number of benzene rings is 1. The third kappa shape index (κ3) is 2.79. The summed E-state index contributed by atoms with van der Waals surface area (Å²) >= 11 is 1.93. The molecule has 0 aliphatic heterocycles. The standard InChI is InChI=1S/C19H25NS/c1-4-12-20-18(17-13-14(2)21-15(17)3)19(10-11-19)16-8-6-5-7-9-16/h5-9,13,18,20H,4,10-12H2,1-3H3. The van der Waals surface area contributed by atoms with Gasteiger partial charge in [0.1, 0.15) is 0 Å². The molecule has 3 rings (SSSR count). The Morgan fingerprint density at radius 2 is 1.90 bits per heavy atom. The topological polar surface area (TPSA) is 12.0 Å². The first-order valence-corrected chi connectivity index (χ1v) is 8.85. The van der Waals surface area contributed by atoms with Gasteiger partial charge in [-0.3, -0.25) is 0 Å². The van der Waals surface area contributed by atoms with Crippen LogP contribution in [-0.2, 0) is 5.41 Å². The molecule has 0 bridgehead atoms. The van der Waals surface area contributed by atoms with Gasteiger partial charge >= 0.3 is 0 Å². The van der Waals surface area contributed by atoms with Crippen LogP contribution in [0.3, 0.4) is 0 Å². The van der Waals surface area contributed by atoms with Gasteiger partial charge < -0.3 is 5.32 Å². The Balaban J connectivity index is 1.98. The van der Waals surface area contributed by atoms with E-state index in [0.29, 0.717) is 11.5 Å². The van der Waals surface area contributed by atoms with Gasteiger partial charge in [0.2, 0.25) is 0 Å². The van der Waals surface area contributed by atoms with Crippen LogP contribution in [0.4, 0.5) is 0 Å². The predicted octanol–water partition coefficient (Wildman–Crippen LogP) is 5.14. The van der Waals surface area contributed by atoms with Crippen molar-refractivity contribution in [2.24, 2.45) is 0 Å². The van der Waals surface area contributed by atoms with E-state index in [9.17, 15) is 0 Å². The zero-order valence-corrected chi connectivity index (χ0v) is 14.1. The minimum Gasteiger partial charge on any atom is -0.309 e. The third-order valence-electron chi connectivity index (χ3n) is 4.68. The number of hydrogen-bond donors (Lipinski definition) is 1. The first kappa shape index (κ1) is 14.8. The molecule has 1 N–H and O–H groups in total. The largest absolute Gasteiger partial charge is 0.309 e. The molecule has 1 nitrogen and oxygen atoms in total. The number of thiophene rings is 1.